The molecule has 1 fully saturated rings. The highest BCUT2D eigenvalue weighted by atomic mass is 79.9. The molecule has 1 rings (SSSR count). The lowest BCUT2D eigenvalue weighted by atomic mass is 9.75. The summed E-state index contributed by atoms with van der Waals surface area (Å²) in [4.78, 5) is 0. The fourth-order valence-electron chi connectivity index (χ4n) is 2.74. The lowest BCUT2D eigenvalue weighted by Crippen LogP contribution is -2.34. The molecule has 0 heterocycles. The Bertz CT molecular complexity index is 182. The van der Waals surface area contributed by atoms with Crippen LogP contribution in [0.4, 0.5) is 0 Å². The summed E-state index contributed by atoms with van der Waals surface area (Å²) in [5.74, 6) is 2.42. The molecule has 0 spiro atoms. The molecule has 0 aliphatic heterocycles. The van der Waals surface area contributed by atoms with Crippen molar-refractivity contribution in [1.82, 2.24) is 0 Å². The molecule has 2 heteroatoms. The Morgan fingerprint density at radius 1 is 1.25 bits per heavy atom. The molecule has 3 atom stereocenters. The van der Waals surface area contributed by atoms with Gasteiger partial charge >= 0.3 is 0 Å². The molecule has 1 aliphatic rings. The van der Waals surface area contributed by atoms with E-state index < -0.39 is 0 Å². The summed E-state index contributed by atoms with van der Waals surface area (Å²) in [7, 11) is 0. The van der Waals surface area contributed by atoms with Crippen molar-refractivity contribution in [3.8, 4) is 0 Å². The number of alkyl halides is 1. The molecule has 0 N–H and O–H groups in total. The first-order chi connectivity index (χ1) is 7.65. The van der Waals surface area contributed by atoms with E-state index in [0.717, 1.165) is 29.7 Å². The number of ether oxygens (including phenoxy) is 1. The minimum Gasteiger partial charge on any atom is -0.378 e. The Kier molecular flexibility index (Phi) is 6.98. The molecule has 1 nitrogen and oxygen atoms in total. The van der Waals surface area contributed by atoms with E-state index in [9.17, 15) is 0 Å². The Labute approximate surface area is 109 Å². The highest BCUT2D eigenvalue weighted by Crippen LogP contribution is 2.35. The Balaban J connectivity index is 2.33. The highest BCUT2D eigenvalue weighted by Gasteiger charge is 2.30. The second kappa shape index (κ2) is 7.71. The first-order valence-corrected chi connectivity index (χ1v) is 7.94. The molecule has 0 bridgehead atoms. The van der Waals surface area contributed by atoms with Crippen LogP contribution in [0, 0.1) is 17.8 Å². The van der Waals surface area contributed by atoms with E-state index in [1.165, 1.54) is 32.1 Å². The predicted octanol–water partition coefficient (Wildman–Crippen LogP) is 4.64. The summed E-state index contributed by atoms with van der Waals surface area (Å²) < 4.78 is 6.11. The zero-order valence-electron chi connectivity index (χ0n) is 11.0. The first kappa shape index (κ1) is 14.5. The maximum Gasteiger partial charge on any atom is 0.0608 e. The maximum atomic E-state index is 6.11. The quantitative estimate of drug-likeness (QED) is 0.512. The first-order valence-electron chi connectivity index (χ1n) is 6.82. The van der Waals surface area contributed by atoms with Crippen molar-refractivity contribution in [3.63, 3.8) is 0 Å². The van der Waals surface area contributed by atoms with Gasteiger partial charge in [0.1, 0.15) is 0 Å². The summed E-state index contributed by atoms with van der Waals surface area (Å²) in [6.07, 6.45) is 6.98. The van der Waals surface area contributed by atoms with Gasteiger partial charge in [-0.05, 0) is 43.4 Å². The molecule has 16 heavy (non-hydrogen) atoms. The Morgan fingerprint density at radius 3 is 2.62 bits per heavy atom. The molecule has 0 amide bonds. The maximum absolute atomic E-state index is 6.11. The van der Waals surface area contributed by atoms with Crippen molar-refractivity contribution < 1.29 is 4.74 Å². The third kappa shape index (κ3) is 4.75. The van der Waals surface area contributed by atoms with E-state index >= 15 is 0 Å². The van der Waals surface area contributed by atoms with E-state index in [-0.39, 0.29) is 0 Å². The molecule has 0 aromatic heterocycles. The summed E-state index contributed by atoms with van der Waals surface area (Å²) in [5.41, 5.74) is 0. The van der Waals surface area contributed by atoms with E-state index in [1.54, 1.807) is 0 Å². The SMILES string of the molecule is CC1CCC(C(C)C)C(OCCCCBr)C1. The van der Waals surface area contributed by atoms with Crippen molar-refractivity contribution in [3.05, 3.63) is 0 Å². The van der Waals surface area contributed by atoms with E-state index in [0.29, 0.717) is 6.10 Å². The molecular formula is C14H27BrO. The van der Waals surface area contributed by atoms with Gasteiger partial charge in [-0.15, -0.1) is 0 Å². The summed E-state index contributed by atoms with van der Waals surface area (Å²) in [6, 6.07) is 0. The van der Waals surface area contributed by atoms with E-state index in [1.807, 2.05) is 0 Å². The van der Waals surface area contributed by atoms with Gasteiger partial charge in [0.2, 0.25) is 0 Å². The molecule has 0 aromatic rings. The van der Waals surface area contributed by atoms with Crippen molar-refractivity contribution in [2.75, 3.05) is 11.9 Å². The van der Waals surface area contributed by atoms with Gasteiger partial charge in [0, 0.05) is 11.9 Å². The summed E-state index contributed by atoms with van der Waals surface area (Å²) in [6.45, 7) is 8.00. The molecule has 1 aliphatic carbocycles. The largest absolute Gasteiger partial charge is 0.378 e. The van der Waals surface area contributed by atoms with Crippen LogP contribution in [0.2, 0.25) is 0 Å². The molecule has 0 saturated heterocycles. The highest BCUT2D eigenvalue weighted by molar-refractivity contribution is 9.09. The number of rotatable bonds is 6. The Morgan fingerprint density at radius 2 is 2.00 bits per heavy atom. The lowest BCUT2D eigenvalue weighted by molar-refractivity contribution is -0.0390. The summed E-state index contributed by atoms with van der Waals surface area (Å²) in [5, 5.41) is 1.10. The van der Waals surface area contributed by atoms with Gasteiger partial charge in [0.25, 0.3) is 0 Å². The second-order valence-electron chi connectivity index (χ2n) is 5.63. The average Bonchev–Trinajstić information content (AvgIpc) is 2.24. The molecule has 0 aromatic carbocycles. The minimum absolute atomic E-state index is 0.527. The molecule has 96 valence electrons. The van der Waals surface area contributed by atoms with Gasteiger partial charge < -0.3 is 4.74 Å². The van der Waals surface area contributed by atoms with Crippen LogP contribution in [0.1, 0.15) is 52.9 Å². The number of halogens is 1. The molecular weight excluding hydrogens is 264 g/mol. The Hall–Kier alpha value is 0.440. The topological polar surface area (TPSA) is 9.23 Å². The van der Waals surface area contributed by atoms with Crippen LogP contribution in [0.25, 0.3) is 0 Å². The average molecular weight is 291 g/mol. The van der Waals surface area contributed by atoms with Crippen LogP contribution in [0.5, 0.6) is 0 Å². The fraction of sp³-hybridized carbons (Fsp3) is 1.00. The number of hydrogen-bond donors (Lipinski definition) is 0. The molecule has 0 radical (unpaired) electrons. The minimum atomic E-state index is 0.527. The van der Waals surface area contributed by atoms with Crippen LogP contribution in [0.15, 0.2) is 0 Å². The number of hydrogen-bond acceptors (Lipinski definition) is 1. The predicted molar refractivity (Wildman–Crippen MR) is 74.1 cm³/mol. The summed E-state index contributed by atoms with van der Waals surface area (Å²) >= 11 is 3.46. The monoisotopic (exact) mass is 290 g/mol. The zero-order chi connectivity index (χ0) is 12.0. The normalized spacial score (nSPS) is 30.9. The number of unbranched alkanes of at least 4 members (excludes halogenated alkanes) is 1. The third-order valence-electron chi connectivity index (χ3n) is 3.82. The van der Waals surface area contributed by atoms with Crippen molar-refractivity contribution in [2.45, 2.75) is 59.0 Å². The van der Waals surface area contributed by atoms with Gasteiger partial charge in [-0.1, -0.05) is 43.1 Å². The van der Waals surface area contributed by atoms with E-state index in [4.69, 9.17) is 4.74 Å². The van der Waals surface area contributed by atoms with Crippen LogP contribution in [-0.2, 0) is 4.74 Å². The lowest BCUT2D eigenvalue weighted by Gasteiger charge is -2.37. The smallest absolute Gasteiger partial charge is 0.0608 e. The van der Waals surface area contributed by atoms with Gasteiger partial charge in [0.05, 0.1) is 6.10 Å². The van der Waals surface area contributed by atoms with Crippen molar-refractivity contribution >= 4 is 15.9 Å². The van der Waals surface area contributed by atoms with Gasteiger partial charge in [-0.25, -0.2) is 0 Å². The third-order valence-corrected chi connectivity index (χ3v) is 4.38. The molecule has 3 unspecified atom stereocenters. The van der Waals surface area contributed by atoms with Gasteiger partial charge in [-0.3, -0.25) is 0 Å². The van der Waals surface area contributed by atoms with Crippen LogP contribution >= 0.6 is 15.9 Å². The van der Waals surface area contributed by atoms with Crippen molar-refractivity contribution in [2.24, 2.45) is 17.8 Å². The molecule has 1 saturated carbocycles. The second-order valence-corrected chi connectivity index (χ2v) is 6.42. The van der Waals surface area contributed by atoms with Crippen LogP contribution in [-0.4, -0.2) is 18.0 Å². The van der Waals surface area contributed by atoms with Crippen molar-refractivity contribution in [1.29, 1.82) is 0 Å². The fourth-order valence-corrected chi connectivity index (χ4v) is 3.13. The van der Waals surface area contributed by atoms with E-state index in [2.05, 4.69) is 36.7 Å². The standard InChI is InChI=1S/C14H27BrO/c1-11(2)13-7-6-12(3)10-14(13)16-9-5-4-8-15/h11-14H,4-10H2,1-3H3. The van der Waals surface area contributed by atoms with Gasteiger partial charge in [0.15, 0.2) is 0 Å². The zero-order valence-corrected chi connectivity index (χ0v) is 12.6. The van der Waals surface area contributed by atoms with Gasteiger partial charge in [-0.2, -0.15) is 0 Å². The van der Waals surface area contributed by atoms with Crippen LogP contribution < -0.4 is 0 Å². The van der Waals surface area contributed by atoms with Crippen LogP contribution in [0.3, 0.4) is 0 Å².